The van der Waals surface area contributed by atoms with Crippen LogP contribution in [0.15, 0.2) is 4.34 Å². The van der Waals surface area contributed by atoms with Crippen molar-refractivity contribution in [2.24, 2.45) is 0 Å². The third-order valence-corrected chi connectivity index (χ3v) is 4.64. The number of rotatable bonds is 3. The van der Waals surface area contributed by atoms with Gasteiger partial charge in [0.2, 0.25) is 5.13 Å². The molecule has 1 saturated heterocycles. The first kappa shape index (κ1) is 13.9. The lowest BCUT2D eigenvalue weighted by Crippen LogP contribution is -2.36. The van der Waals surface area contributed by atoms with Crippen LogP contribution in [0.5, 0.6) is 0 Å². The van der Waals surface area contributed by atoms with Gasteiger partial charge >= 0.3 is 6.18 Å². The number of alkyl halides is 3. The van der Waals surface area contributed by atoms with Crippen molar-refractivity contribution in [2.75, 3.05) is 31.2 Å². The molecule has 9 heteroatoms. The molecule has 1 fully saturated rings. The topological polar surface area (TPSA) is 38.2 Å². The molecular formula is C9H12F3N3OS2. The Kier molecular flexibility index (Phi) is 4.33. The molecule has 0 amide bonds. The number of hydrogen-bond donors (Lipinski definition) is 0. The number of halogens is 3. The Morgan fingerprint density at radius 1 is 1.33 bits per heavy atom. The van der Waals surface area contributed by atoms with Crippen LogP contribution in [0.1, 0.15) is 6.92 Å². The highest BCUT2D eigenvalue weighted by atomic mass is 32.2. The van der Waals surface area contributed by atoms with E-state index >= 15 is 0 Å². The number of morpholine rings is 1. The maximum Gasteiger partial charge on any atom is 0.400 e. The van der Waals surface area contributed by atoms with E-state index in [2.05, 4.69) is 10.2 Å². The van der Waals surface area contributed by atoms with Gasteiger partial charge in [-0.1, -0.05) is 23.1 Å². The molecule has 0 spiro atoms. The molecular weight excluding hydrogens is 287 g/mol. The van der Waals surface area contributed by atoms with E-state index in [4.69, 9.17) is 4.74 Å². The second kappa shape index (κ2) is 5.62. The SMILES string of the molecule is C[C@@H](Sc1nnc(N2CCOCC2)s1)C(F)(F)F. The predicted octanol–water partition coefficient (Wildman–Crippen LogP) is 2.42. The molecule has 4 nitrogen and oxygen atoms in total. The van der Waals surface area contributed by atoms with Crippen molar-refractivity contribution >= 4 is 28.2 Å². The second-order valence-corrected chi connectivity index (χ2v) is 6.30. The zero-order chi connectivity index (χ0) is 13.2. The minimum Gasteiger partial charge on any atom is -0.378 e. The monoisotopic (exact) mass is 299 g/mol. The number of thioether (sulfide) groups is 1. The normalized spacial score (nSPS) is 19.0. The van der Waals surface area contributed by atoms with Gasteiger partial charge in [-0.3, -0.25) is 0 Å². The van der Waals surface area contributed by atoms with E-state index in [9.17, 15) is 13.2 Å². The molecule has 0 N–H and O–H groups in total. The summed E-state index contributed by atoms with van der Waals surface area (Å²) in [6, 6.07) is 0. The van der Waals surface area contributed by atoms with Crippen LogP contribution in [0.2, 0.25) is 0 Å². The van der Waals surface area contributed by atoms with Gasteiger partial charge < -0.3 is 9.64 Å². The average Bonchev–Trinajstić information content (AvgIpc) is 2.77. The zero-order valence-corrected chi connectivity index (χ0v) is 11.2. The summed E-state index contributed by atoms with van der Waals surface area (Å²) in [5.74, 6) is 0. The summed E-state index contributed by atoms with van der Waals surface area (Å²) in [7, 11) is 0. The maximum absolute atomic E-state index is 12.4. The van der Waals surface area contributed by atoms with Crippen LogP contribution in [0.25, 0.3) is 0 Å². The summed E-state index contributed by atoms with van der Waals surface area (Å²) in [6.07, 6.45) is -4.21. The number of aromatic nitrogens is 2. The molecule has 0 bridgehead atoms. The first-order chi connectivity index (χ1) is 8.47. The maximum atomic E-state index is 12.4. The summed E-state index contributed by atoms with van der Waals surface area (Å²) in [4.78, 5) is 1.98. The number of anilines is 1. The molecule has 0 radical (unpaired) electrons. The molecule has 2 rings (SSSR count). The fourth-order valence-corrected chi connectivity index (χ4v) is 3.35. The van der Waals surface area contributed by atoms with E-state index in [0.717, 1.165) is 6.92 Å². The molecule has 0 unspecified atom stereocenters. The molecule has 0 saturated carbocycles. The third-order valence-electron chi connectivity index (χ3n) is 2.42. The van der Waals surface area contributed by atoms with Crippen molar-refractivity contribution in [3.8, 4) is 0 Å². The van der Waals surface area contributed by atoms with Crippen molar-refractivity contribution in [2.45, 2.75) is 22.7 Å². The van der Waals surface area contributed by atoms with Crippen LogP contribution in [0, 0.1) is 0 Å². The van der Waals surface area contributed by atoms with Gasteiger partial charge in [-0.25, -0.2) is 0 Å². The molecule has 0 aliphatic carbocycles. The third kappa shape index (κ3) is 3.48. The Morgan fingerprint density at radius 2 is 2.00 bits per heavy atom. The molecule has 18 heavy (non-hydrogen) atoms. The highest BCUT2D eigenvalue weighted by molar-refractivity contribution is 8.01. The fraction of sp³-hybridized carbons (Fsp3) is 0.778. The van der Waals surface area contributed by atoms with E-state index in [1.807, 2.05) is 4.90 Å². The number of ether oxygens (including phenoxy) is 1. The van der Waals surface area contributed by atoms with Gasteiger partial charge in [0.05, 0.1) is 13.2 Å². The quantitative estimate of drug-likeness (QED) is 0.801. The lowest BCUT2D eigenvalue weighted by Gasteiger charge is -2.25. The van der Waals surface area contributed by atoms with Crippen molar-refractivity contribution in [1.82, 2.24) is 10.2 Å². The summed E-state index contributed by atoms with van der Waals surface area (Å²) in [5.41, 5.74) is 0. The van der Waals surface area contributed by atoms with Gasteiger partial charge in [-0.05, 0) is 6.92 Å². The van der Waals surface area contributed by atoms with Gasteiger partial charge in [0.25, 0.3) is 0 Å². The first-order valence-corrected chi connectivity index (χ1v) is 7.06. The van der Waals surface area contributed by atoms with Crippen molar-refractivity contribution in [3.63, 3.8) is 0 Å². The minimum atomic E-state index is -4.21. The summed E-state index contributed by atoms with van der Waals surface area (Å²) in [6.45, 7) is 3.75. The molecule has 1 aliphatic heterocycles. The van der Waals surface area contributed by atoms with E-state index in [0.29, 0.717) is 47.5 Å². The van der Waals surface area contributed by atoms with Gasteiger partial charge in [-0.2, -0.15) is 13.2 Å². The van der Waals surface area contributed by atoms with Crippen molar-refractivity contribution < 1.29 is 17.9 Å². The Labute approximate surface area is 111 Å². The fourth-order valence-electron chi connectivity index (χ4n) is 1.35. The Hall–Kier alpha value is -0.540. The highest BCUT2D eigenvalue weighted by Gasteiger charge is 2.37. The van der Waals surface area contributed by atoms with Gasteiger partial charge in [-0.15, -0.1) is 10.2 Å². The van der Waals surface area contributed by atoms with Gasteiger partial charge in [0.1, 0.15) is 5.25 Å². The summed E-state index contributed by atoms with van der Waals surface area (Å²) in [5, 5.41) is 6.91. The van der Waals surface area contributed by atoms with Crippen LogP contribution < -0.4 is 4.90 Å². The summed E-state index contributed by atoms with van der Waals surface area (Å²) >= 11 is 1.89. The molecule has 1 aliphatic rings. The molecule has 1 aromatic heterocycles. The summed E-state index contributed by atoms with van der Waals surface area (Å²) < 4.78 is 42.8. The molecule has 1 atom stereocenters. The Bertz CT molecular complexity index is 393. The largest absolute Gasteiger partial charge is 0.400 e. The molecule has 1 aromatic rings. The van der Waals surface area contributed by atoms with E-state index in [1.54, 1.807) is 0 Å². The second-order valence-electron chi connectivity index (χ2n) is 3.75. The number of nitrogens with zero attached hydrogens (tertiary/aromatic N) is 3. The van der Waals surface area contributed by atoms with Crippen LogP contribution in [-0.2, 0) is 4.74 Å². The Morgan fingerprint density at radius 3 is 2.61 bits per heavy atom. The van der Waals surface area contributed by atoms with Crippen LogP contribution in [0.3, 0.4) is 0 Å². The van der Waals surface area contributed by atoms with E-state index in [-0.39, 0.29) is 0 Å². The average molecular weight is 299 g/mol. The van der Waals surface area contributed by atoms with Crippen LogP contribution >= 0.6 is 23.1 Å². The van der Waals surface area contributed by atoms with Gasteiger partial charge in [0.15, 0.2) is 4.34 Å². The van der Waals surface area contributed by atoms with Crippen LogP contribution in [-0.4, -0.2) is 47.9 Å². The standard InChI is InChI=1S/C9H12F3N3OS2/c1-6(9(10,11)12)17-8-14-13-7(18-8)15-2-4-16-5-3-15/h6H,2-5H2,1H3/t6-/m1/s1. The first-order valence-electron chi connectivity index (χ1n) is 5.36. The Balaban J connectivity index is 1.97. The zero-order valence-electron chi connectivity index (χ0n) is 9.61. The minimum absolute atomic E-state index is 0.348. The highest BCUT2D eigenvalue weighted by Crippen LogP contribution is 2.37. The predicted molar refractivity (Wildman–Crippen MR) is 64.3 cm³/mol. The van der Waals surface area contributed by atoms with Crippen molar-refractivity contribution in [3.05, 3.63) is 0 Å². The smallest absolute Gasteiger partial charge is 0.378 e. The molecule has 0 aromatic carbocycles. The van der Waals surface area contributed by atoms with E-state index < -0.39 is 11.4 Å². The molecule has 102 valence electrons. The number of hydrogen-bond acceptors (Lipinski definition) is 6. The lowest BCUT2D eigenvalue weighted by atomic mass is 10.5. The lowest BCUT2D eigenvalue weighted by molar-refractivity contribution is -0.125. The van der Waals surface area contributed by atoms with E-state index in [1.165, 1.54) is 11.3 Å². The van der Waals surface area contributed by atoms with Crippen LogP contribution in [0.4, 0.5) is 18.3 Å². The van der Waals surface area contributed by atoms with Gasteiger partial charge in [0, 0.05) is 13.1 Å². The molecule has 2 heterocycles. The van der Waals surface area contributed by atoms with Crippen molar-refractivity contribution in [1.29, 1.82) is 0 Å².